The van der Waals surface area contributed by atoms with Crippen LogP contribution in [0.15, 0.2) is 42.6 Å². The van der Waals surface area contributed by atoms with E-state index in [4.69, 9.17) is 4.74 Å². The lowest BCUT2D eigenvalue weighted by molar-refractivity contribution is 0.0342. The van der Waals surface area contributed by atoms with Gasteiger partial charge in [-0.25, -0.2) is 0 Å². The summed E-state index contributed by atoms with van der Waals surface area (Å²) in [5, 5.41) is 12.3. The van der Waals surface area contributed by atoms with Crippen molar-refractivity contribution in [1.82, 2.24) is 9.88 Å². The lowest BCUT2D eigenvalue weighted by Crippen LogP contribution is -2.35. The van der Waals surface area contributed by atoms with E-state index in [1.54, 1.807) is 0 Å². The lowest BCUT2D eigenvalue weighted by Gasteiger charge is -2.26. The molecule has 134 valence electrons. The van der Waals surface area contributed by atoms with E-state index in [0.29, 0.717) is 5.75 Å². The second-order valence-electron chi connectivity index (χ2n) is 7.10. The second-order valence-corrected chi connectivity index (χ2v) is 7.10. The molecule has 26 heavy (non-hydrogen) atoms. The van der Waals surface area contributed by atoms with Crippen molar-refractivity contribution >= 4 is 10.8 Å². The third-order valence-electron chi connectivity index (χ3n) is 5.08. The van der Waals surface area contributed by atoms with Gasteiger partial charge in [0.2, 0.25) is 0 Å². The van der Waals surface area contributed by atoms with Crippen LogP contribution < -0.4 is 0 Å². The molecule has 0 amide bonds. The molecular weight excluding hydrogens is 324 g/mol. The first-order valence-electron chi connectivity index (χ1n) is 9.09. The number of pyridine rings is 1. The molecule has 4 rings (SSSR count). The zero-order chi connectivity index (χ0) is 18.1. The lowest BCUT2D eigenvalue weighted by atomic mass is 10.0. The number of nitrogens with zero attached hydrogens (tertiary/aromatic N) is 2. The number of hydrogen-bond donors (Lipinski definition) is 1. The monoisotopic (exact) mass is 348 g/mol. The molecular formula is C22H24N2O2. The molecule has 0 saturated carbocycles. The summed E-state index contributed by atoms with van der Waals surface area (Å²) in [6, 6.07) is 12.7. The van der Waals surface area contributed by atoms with Gasteiger partial charge in [0, 0.05) is 36.8 Å². The molecule has 1 N–H and O–H groups in total. The van der Waals surface area contributed by atoms with Crippen LogP contribution in [0.4, 0.5) is 0 Å². The summed E-state index contributed by atoms with van der Waals surface area (Å²) in [5.41, 5.74) is 5.04. The highest BCUT2D eigenvalue weighted by atomic mass is 16.5. The molecule has 4 nitrogen and oxygen atoms in total. The van der Waals surface area contributed by atoms with Gasteiger partial charge in [-0.15, -0.1) is 0 Å². The number of fused-ring (bicyclic) bond motifs is 1. The molecule has 1 aliphatic heterocycles. The average molecular weight is 348 g/mol. The van der Waals surface area contributed by atoms with Gasteiger partial charge in [0.05, 0.1) is 18.9 Å². The van der Waals surface area contributed by atoms with E-state index in [2.05, 4.69) is 34.1 Å². The molecule has 4 heteroatoms. The van der Waals surface area contributed by atoms with E-state index in [0.717, 1.165) is 60.6 Å². The van der Waals surface area contributed by atoms with E-state index in [1.165, 1.54) is 10.9 Å². The number of hydrogen-bond acceptors (Lipinski definition) is 4. The molecule has 1 saturated heterocycles. The Balaban J connectivity index is 1.62. The second kappa shape index (κ2) is 7.06. The molecule has 0 radical (unpaired) electrons. The SMILES string of the molecule is Cc1cc(-c2cc3ccc(CN4CCOCC4)cc3cn2)cc(C)c1O. The zero-order valence-electron chi connectivity index (χ0n) is 15.3. The number of phenolic OH excluding ortho intramolecular Hbond substituents is 1. The number of ether oxygens (including phenoxy) is 1. The van der Waals surface area contributed by atoms with E-state index >= 15 is 0 Å². The third-order valence-corrected chi connectivity index (χ3v) is 5.08. The highest BCUT2D eigenvalue weighted by Gasteiger charge is 2.11. The van der Waals surface area contributed by atoms with Crippen LogP contribution in [0.3, 0.4) is 0 Å². The predicted molar refractivity (Wildman–Crippen MR) is 104 cm³/mol. The van der Waals surface area contributed by atoms with Crippen LogP contribution in [0.2, 0.25) is 0 Å². The standard InChI is InChI=1S/C22H24N2O2/c1-15-9-19(10-16(2)22(15)25)21-12-18-4-3-17(11-20(18)13-23-21)14-24-5-7-26-8-6-24/h3-4,9-13,25H,5-8,14H2,1-2H3. The van der Waals surface area contributed by atoms with Crippen LogP contribution in [0.5, 0.6) is 5.75 Å². The van der Waals surface area contributed by atoms with Gasteiger partial charge in [0.25, 0.3) is 0 Å². The van der Waals surface area contributed by atoms with Crippen molar-refractivity contribution in [2.45, 2.75) is 20.4 Å². The maximum absolute atomic E-state index is 9.98. The normalized spacial score (nSPS) is 15.5. The average Bonchev–Trinajstić information content (AvgIpc) is 2.66. The van der Waals surface area contributed by atoms with Crippen LogP contribution >= 0.6 is 0 Å². The van der Waals surface area contributed by atoms with E-state index < -0.39 is 0 Å². The quantitative estimate of drug-likeness (QED) is 0.775. The van der Waals surface area contributed by atoms with E-state index in [1.807, 2.05) is 32.2 Å². The molecule has 0 spiro atoms. The first-order valence-corrected chi connectivity index (χ1v) is 9.09. The molecule has 0 aliphatic carbocycles. The number of rotatable bonds is 3. The van der Waals surface area contributed by atoms with Gasteiger partial charge in [-0.2, -0.15) is 0 Å². The zero-order valence-corrected chi connectivity index (χ0v) is 15.3. The Morgan fingerprint density at radius 2 is 1.73 bits per heavy atom. The maximum atomic E-state index is 9.98. The highest BCUT2D eigenvalue weighted by Crippen LogP contribution is 2.29. The van der Waals surface area contributed by atoms with Gasteiger partial charge >= 0.3 is 0 Å². The molecule has 3 aromatic rings. The first-order chi connectivity index (χ1) is 12.6. The number of benzene rings is 2. The Morgan fingerprint density at radius 3 is 2.46 bits per heavy atom. The number of morpholine rings is 1. The largest absolute Gasteiger partial charge is 0.507 e. The fraction of sp³-hybridized carbons (Fsp3) is 0.318. The van der Waals surface area contributed by atoms with Crippen LogP contribution in [0, 0.1) is 13.8 Å². The Labute approximate surface area is 154 Å². The Bertz CT molecular complexity index is 923. The van der Waals surface area contributed by atoms with E-state index in [9.17, 15) is 5.11 Å². The summed E-state index contributed by atoms with van der Waals surface area (Å²) in [7, 11) is 0. The molecule has 0 unspecified atom stereocenters. The van der Waals surface area contributed by atoms with Crippen molar-refractivity contribution in [3.05, 3.63) is 59.3 Å². The minimum absolute atomic E-state index is 0.363. The smallest absolute Gasteiger partial charge is 0.121 e. The van der Waals surface area contributed by atoms with E-state index in [-0.39, 0.29) is 0 Å². The summed E-state index contributed by atoms with van der Waals surface area (Å²) < 4.78 is 5.42. The van der Waals surface area contributed by atoms with Crippen LogP contribution in [-0.2, 0) is 11.3 Å². The molecule has 1 aromatic heterocycles. The summed E-state index contributed by atoms with van der Waals surface area (Å²) in [6.45, 7) is 8.43. The predicted octanol–water partition coefficient (Wildman–Crippen LogP) is 4.06. The first kappa shape index (κ1) is 17.0. The molecule has 1 aliphatic rings. The minimum Gasteiger partial charge on any atom is -0.507 e. The van der Waals surface area contributed by atoms with Crippen molar-refractivity contribution in [2.75, 3.05) is 26.3 Å². The van der Waals surface area contributed by atoms with Crippen LogP contribution in [0.1, 0.15) is 16.7 Å². The van der Waals surface area contributed by atoms with Gasteiger partial charge in [-0.05, 0) is 60.2 Å². The van der Waals surface area contributed by atoms with Crippen LogP contribution in [0.25, 0.3) is 22.0 Å². The van der Waals surface area contributed by atoms with Crippen molar-refractivity contribution in [1.29, 1.82) is 0 Å². The Kier molecular flexibility index (Phi) is 4.62. The van der Waals surface area contributed by atoms with Crippen LogP contribution in [-0.4, -0.2) is 41.3 Å². The van der Waals surface area contributed by atoms with Gasteiger partial charge in [-0.3, -0.25) is 9.88 Å². The topological polar surface area (TPSA) is 45.6 Å². The summed E-state index contributed by atoms with van der Waals surface area (Å²) in [6.07, 6.45) is 1.95. The van der Waals surface area contributed by atoms with Gasteiger partial charge in [0.15, 0.2) is 0 Å². The number of aromatic nitrogens is 1. The van der Waals surface area contributed by atoms with Gasteiger partial charge in [0.1, 0.15) is 5.75 Å². The number of aromatic hydroxyl groups is 1. The fourth-order valence-electron chi connectivity index (χ4n) is 3.57. The maximum Gasteiger partial charge on any atom is 0.121 e. The molecule has 0 atom stereocenters. The minimum atomic E-state index is 0.363. The molecule has 0 bridgehead atoms. The number of phenols is 1. The molecule has 2 heterocycles. The molecule has 1 fully saturated rings. The summed E-state index contributed by atoms with van der Waals surface area (Å²) in [5.74, 6) is 0.363. The third kappa shape index (κ3) is 3.43. The fourth-order valence-corrected chi connectivity index (χ4v) is 3.57. The van der Waals surface area contributed by atoms with Crippen molar-refractivity contribution in [2.24, 2.45) is 0 Å². The van der Waals surface area contributed by atoms with Gasteiger partial charge < -0.3 is 9.84 Å². The van der Waals surface area contributed by atoms with Gasteiger partial charge in [-0.1, -0.05) is 12.1 Å². The Morgan fingerprint density at radius 1 is 1.00 bits per heavy atom. The number of aryl methyl sites for hydroxylation is 2. The Hall–Kier alpha value is -2.43. The van der Waals surface area contributed by atoms with Crippen molar-refractivity contribution < 1.29 is 9.84 Å². The summed E-state index contributed by atoms with van der Waals surface area (Å²) in [4.78, 5) is 7.09. The van der Waals surface area contributed by atoms with Crippen molar-refractivity contribution in [3.8, 4) is 17.0 Å². The summed E-state index contributed by atoms with van der Waals surface area (Å²) >= 11 is 0. The van der Waals surface area contributed by atoms with Crippen molar-refractivity contribution in [3.63, 3.8) is 0 Å². The highest BCUT2D eigenvalue weighted by molar-refractivity contribution is 5.86. The molecule has 2 aromatic carbocycles.